The van der Waals surface area contributed by atoms with Crippen LogP contribution in [-0.4, -0.2) is 12.1 Å². The van der Waals surface area contributed by atoms with Crippen molar-refractivity contribution in [3.05, 3.63) is 109 Å². The van der Waals surface area contributed by atoms with E-state index in [0.717, 1.165) is 24.5 Å². The number of carbonyl (C=O) groups excluding carboxylic acids is 1. The zero-order valence-electron chi connectivity index (χ0n) is 16.7. The van der Waals surface area contributed by atoms with Gasteiger partial charge in [-0.15, -0.1) is 0 Å². The van der Waals surface area contributed by atoms with Crippen LogP contribution in [0.2, 0.25) is 0 Å². The van der Waals surface area contributed by atoms with E-state index >= 15 is 0 Å². The largest absolute Gasteiger partial charge is 0.487 e. The van der Waals surface area contributed by atoms with Gasteiger partial charge in [-0.05, 0) is 90.2 Å². The molecule has 0 spiro atoms. The molecule has 7 heteroatoms. The predicted octanol–water partition coefficient (Wildman–Crippen LogP) is 7.47. The van der Waals surface area contributed by atoms with Crippen molar-refractivity contribution in [2.45, 2.75) is 6.61 Å². The molecule has 0 saturated heterocycles. The zero-order chi connectivity index (χ0) is 22.5. The van der Waals surface area contributed by atoms with Crippen LogP contribution in [0.25, 0.3) is 10.8 Å². The molecule has 0 aliphatic carbocycles. The van der Waals surface area contributed by atoms with Crippen LogP contribution in [-0.2, 0) is 6.61 Å². The third-order valence-corrected chi connectivity index (χ3v) is 6.47. The quantitative estimate of drug-likeness (QED) is 0.180. The molecule has 4 nitrogen and oxygen atoms in total. The number of amides is 1. The molecule has 0 heterocycles. The predicted molar refractivity (Wildman–Crippen MR) is 139 cm³/mol. The zero-order valence-corrected chi connectivity index (χ0v) is 21.4. The van der Waals surface area contributed by atoms with Crippen molar-refractivity contribution in [2.75, 3.05) is 0 Å². The summed E-state index contributed by atoms with van der Waals surface area (Å²) in [6, 6.07) is 25.3. The Morgan fingerprint density at radius 1 is 0.906 bits per heavy atom. The molecule has 32 heavy (non-hydrogen) atoms. The normalized spacial score (nSPS) is 11.1. The number of ether oxygens (including phenoxy) is 1. The third kappa shape index (κ3) is 5.46. The smallest absolute Gasteiger partial charge is 0.271 e. The molecule has 0 radical (unpaired) electrons. The lowest BCUT2D eigenvalue weighted by atomic mass is 10.1. The van der Waals surface area contributed by atoms with Gasteiger partial charge in [0.2, 0.25) is 0 Å². The summed E-state index contributed by atoms with van der Waals surface area (Å²) < 4.78 is 8.60. The molecule has 0 atom stereocenters. The molecule has 4 aromatic carbocycles. The van der Waals surface area contributed by atoms with Gasteiger partial charge >= 0.3 is 0 Å². The van der Waals surface area contributed by atoms with Crippen molar-refractivity contribution in [3.63, 3.8) is 0 Å². The topological polar surface area (TPSA) is 50.7 Å². The number of carbonyl (C=O) groups is 1. The molecule has 0 aromatic heterocycles. The minimum absolute atomic E-state index is 0.276. The number of hydrogen-bond acceptors (Lipinski definition) is 3. The lowest BCUT2D eigenvalue weighted by Crippen LogP contribution is -2.17. The molecule has 1 amide bonds. The first-order valence-electron chi connectivity index (χ1n) is 9.69. The lowest BCUT2D eigenvalue weighted by Gasteiger charge is -2.13. The lowest BCUT2D eigenvalue weighted by molar-refractivity contribution is 0.0955. The molecule has 0 fully saturated rings. The summed E-state index contributed by atoms with van der Waals surface area (Å²) in [5, 5.41) is 6.42. The van der Waals surface area contributed by atoms with Crippen molar-refractivity contribution in [1.82, 2.24) is 5.43 Å². The van der Waals surface area contributed by atoms with Gasteiger partial charge in [0.05, 0.1) is 15.2 Å². The highest BCUT2D eigenvalue weighted by Gasteiger charge is 2.10. The minimum atomic E-state index is -0.276. The van der Waals surface area contributed by atoms with Crippen molar-refractivity contribution in [1.29, 1.82) is 0 Å². The molecule has 0 aliphatic rings. The first-order chi connectivity index (χ1) is 15.5. The molecule has 0 bridgehead atoms. The number of fused-ring (bicyclic) bond motifs is 1. The second kappa shape index (κ2) is 10.4. The van der Waals surface area contributed by atoms with E-state index in [4.69, 9.17) is 4.74 Å². The number of benzene rings is 4. The highest BCUT2D eigenvalue weighted by molar-refractivity contribution is 9.11. The third-order valence-electron chi connectivity index (χ3n) is 4.76. The monoisotopic (exact) mass is 614 g/mol. The van der Waals surface area contributed by atoms with Gasteiger partial charge in [-0.3, -0.25) is 4.79 Å². The van der Waals surface area contributed by atoms with E-state index in [1.54, 1.807) is 18.3 Å². The van der Waals surface area contributed by atoms with E-state index in [1.807, 2.05) is 42.5 Å². The van der Waals surface area contributed by atoms with E-state index in [1.165, 1.54) is 10.8 Å². The van der Waals surface area contributed by atoms with Crippen LogP contribution in [0.3, 0.4) is 0 Å². The van der Waals surface area contributed by atoms with Crippen LogP contribution in [0.15, 0.2) is 97.4 Å². The summed E-state index contributed by atoms with van der Waals surface area (Å²) in [6.45, 7) is 0.440. The first-order valence-corrected chi connectivity index (χ1v) is 12.1. The molecule has 1 N–H and O–H groups in total. The number of hydrazone groups is 1. The van der Waals surface area contributed by atoms with E-state index in [0.29, 0.717) is 17.9 Å². The summed E-state index contributed by atoms with van der Waals surface area (Å²) in [4.78, 5) is 12.2. The van der Waals surface area contributed by atoms with Gasteiger partial charge in [-0.25, -0.2) is 5.43 Å². The van der Waals surface area contributed by atoms with Gasteiger partial charge in [0.25, 0.3) is 5.91 Å². The van der Waals surface area contributed by atoms with Crippen LogP contribution in [0.5, 0.6) is 5.75 Å². The summed E-state index contributed by atoms with van der Waals surface area (Å²) in [5.41, 5.74) is 4.99. The fourth-order valence-corrected chi connectivity index (χ4v) is 4.91. The van der Waals surface area contributed by atoms with E-state index in [2.05, 4.69) is 82.6 Å². The number of halogens is 3. The maximum Gasteiger partial charge on any atom is 0.271 e. The maximum absolute atomic E-state index is 12.2. The molecular formula is C25H17Br3N2O2. The Balaban J connectivity index is 1.44. The molecule has 0 unspecified atom stereocenters. The Labute approximate surface area is 211 Å². The number of hydrogen-bond donors (Lipinski definition) is 1. The fraction of sp³-hybridized carbons (Fsp3) is 0.0400. The Morgan fingerprint density at radius 3 is 2.34 bits per heavy atom. The summed E-state index contributed by atoms with van der Waals surface area (Å²) in [5.74, 6) is 0.427. The molecule has 0 aliphatic heterocycles. The van der Waals surface area contributed by atoms with Crippen molar-refractivity contribution in [3.8, 4) is 5.75 Å². The van der Waals surface area contributed by atoms with Crippen LogP contribution in [0.4, 0.5) is 0 Å². The summed E-state index contributed by atoms with van der Waals surface area (Å²) >= 11 is 10.5. The summed E-state index contributed by atoms with van der Waals surface area (Å²) in [6.07, 6.45) is 1.58. The SMILES string of the molecule is O=C(N/N=C\c1cc(Br)c(OCc2cccc3ccccc23)c(Br)c1)c1ccc(Br)cc1. The molecule has 4 rings (SSSR count). The van der Waals surface area contributed by atoms with Gasteiger partial charge in [0, 0.05) is 10.0 Å². The summed E-state index contributed by atoms with van der Waals surface area (Å²) in [7, 11) is 0. The van der Waals surface area contributed by atoms with E-state index in [9.17, 15) is 4.79 Å². The molecule has 160 valence electrons. The van der Waals surface area contributed by atoms with Gasteiger partial charge in [-0.1, -0.05) is 58.4 Å². The van der Waals surface area contributed by atoms with Crippen LogP contribution >= 0.6 is 47.8 Å². The highest BCUT2D eigenvalue weighted by atomic mass is 79.9. The van der Waals surface area contributed by atoms with E-state index < -0.39 is 0 Å². The number of rotatable bonds is 6. The average Bonchev–Trinajstić information content (AvgIpc) is 2.79. The van der Waals surface area contributed by atoms with Crippen molar-refractivity contribution < 1.29 is 9.53 Å². The van der Waals surface area contributed by atoms with Crippen molar-refractivity contribution >= 4 is 70.7 Å². The standard InChI is InChI=1S/C25H17Br3N2O2/c26-20-10-8-18(9-11-20)25(31)30-29-14-16-12-22(27)24(23(28)13-16)32-15-19-6-3-5-17-4-1-2-7-21(17)19/h1-14H,15H2,(H,30,31)/b29-14-. The highest BCUT2D eigenvalue weighted by Crippen LogP contribution is 2.35. The minimum Gasteiger partial charge on any atom is -0.487 e. The van der Waals surface area contributed by atoms with Gasteiger partial charge in [-0.2, -0.15) is 5.10 Å². The van der Waals surface area contributed by atoms with Gasteiger partial charge in [0.15, 0.2) is 0 Å². The average molecular weight is 617 g/mol. The molecule has 0 saturated carbocycles. The Morgan fingerprint density at radius 2 is 1.59 bits per heavy atom. The Hall–Kier alpha value is -2.48. The molecule has 4 aromatic rings. The van der Waals surface area contributed by atoms with Crippen LogP contribution in [0, 0.1) is 0 Å². The number of nitrogens with zero attached hydrogens (tertiary/aromatic N) is 1. The second-order valence-electron chi connectivity index (χ2n) is 6.95. The van der Waals surface area contributed by atoms with Crippen molar-refractivity contribution in [2.24, 2.45) is 5.10 Å². The maximum atomic E-state index is 12.2. The van der Waals surface area contributed by atoms with Gasteiger partial charge in [0.1, 0.15) is 12.4 Å². The fourth-order valence-electron chi connectivity index (χ4n) is 3.19. The van der Waals surface area contributed by atoms with Gasteiger partial charge < -0.3 is 4.74 Å². The Kier molecular flexibility index (Phi) is 7.40. The first kappa shape index (κ1) is 22.7. The second-order valence-corrected chi connectivity index (χ2v) is 9.57. The van der Waals surface area contributed by atoms with E-state index in [-0.39, 0.29) is 5.91 Å². The number of nitrogens with one attached hydrogen (secondary N) is 1. The molecular weight excluding hydrogens is 600 g/mol. The Bertz CT molecular complexity index is 1280. The van der Waals surface area contributed by atoms with Crippen LogP contribution < -0.4 is 10.2 Å². The van der Waals surface area contributed by atoms with Crippen LogP contribution in [0.1, 0.15) is 21.5 Å².